The van der Waals surface area contributed by atoms with Crippen LogP contribution < -0.4 is 0 Å². The number of alkyl halides is 1. The number of hydrogen-bond donors (Lipinski definition) is 0. The number of halogens is 1. The van der Waals surface area contributed by atoms with Crippen LogP contribution in [0.4, 0.5) is 5.69 Å². The van der Waals surface area contributed by atoms with Gasteiger partial charge in [-0.1, -0.05) is 48.5 Å². The molecule has 0 spiro atoms. The van der Waals surface area contributed by atoms with Crippen LogP contribution in [0.3, 0.4) is 0 Å². The number of rotatable bonds is 6. The Labute approximate surface area is 123 Å². The fraction of sp³-hybridized carbons (Fsp3) is 0.250. The second-order valence-corrected chi connectivity index (χ2v) is 5.33. The zero-order valence-electron chi connectivity index (χ0n) is 11.0. The van der Waals surface area contributed by atoms with Gasteiger partial charge in [0.15, 0.2) is 0 Å². The molecule has 4 heteroatoms. The maximum absolute atomic E-state index is 10.9. The number of hydrogen-bond acceptors (Lipinski definition) is 2. The van der Waals surface area contributed by atoms with E-state index in [1.54, 1.807) is 12.1 Å². The van der Waals surface area contributed by atoms with Gasteiger partial charge in [0.25, 0.3) is 5.69 Å². The monoisotopic (exact) mass is 289 g/mol. The van der Waals surface area contributed by atoms with E-state index in [9.17, 15) is 10.1 Å². The molecule has 2 aromatic rings. The topological polar surface area (TPSA) is 43.1 Å². The molecular weight excluding hydrogens is 274 g/mol. The summed E-state index contributed by atoms with van der Waals surface area (Å²) in [5.41, 5.74) is 2.09. The highest BCUT2D eigenvalue weighted by molar-refractivity contribution is 6.20. The highest BCUT2D eigenvalue weighted by Gasteiger charge is 2.15. The molecule has 0 aromatic heterocycles. The van der Waals surface area contributed by atoms with E-state index in [1.165, 1.54) is 11.6 Å². The standard InChI is InChI=1S/C16H16ClNO2/c17-15(11-10-13-6-2-1-3-7-13)12-14-8-4-5-9-16(14)18(19)20/h1-9,15H,10-12H2. The molecule has 0 aliphatic heterocycles. The first kappa shape index (κ1) is 14.5. The van der Waals surface area contributed by atoms with E-state index in [0.717, 1.165) is 12.8 Å². The Morgan fingerprint density at radius 1 is 1.05 bits per heavy atom. The predicted octanol–water partition coefficient (Wildman–Crippen LogP) is 4.38. The third-order valence-corrected chi connectivity index (χ3v) is 3.59. The highest BCUT2D eigenvalue weighted by Crippen LogP contribution is 2.22. The van der Waals surface area contributed by atoms with E-state index in [4.69, 9.17) is 11.6 Å². The first-order valence-corrected chi connectivity index (χ1v) is 7.01. The first-order chi connectivity index (χ1) is 9.66. The van der Waals surface area contributed by atoms with Crippen LogP contribution in [0.5, 0.6) is 0 Å². The number of nitrogens with zero attached hydrogens (tertiary/aromatic N) is 1. The number of nitro groups is 1. The van der Waals surface area contributed by atoms with Gasteiger partial charge in [0.2, 0.25) is 0 Å². The van der Waals surface area contributed by atoms with Crippen LogP contribution >= 0.6 is 11.6 Å². The number of benzene rings is 2. The second-order valence-electron chi connectivity index (χ2n) is 4.71. The van der Waals surface area contributed by atoms with Crippen LogP contribution in [0.25, 0.3) is 0 Å². The Hall–Kier alpha value is -1.87. The zero-order valence-corrected chi connectivity index (χ0v) is 11.8. The summed E-state index contributed by atoms with van der Waals surface area (Å²) in [6.45, 7) is 0. The van der Waals surface area contributed by atoms with Crippen molar-refractivity contribution in [2.75, 3.05) is 0 Å². The van der Waals surface area contributed by atoms with Crippen molar-refractivity contribution < 1.29 is 4.92 Å². The number of nitro benzene ring substituents is 1. The van der Waals surface area contributed by atoms with Gasteiger partial charge >= 0.3 is 0 Å². The summed E-state index contributed by atoms with van der Waals surface area (Å²) in [5, 5.41) is 10.8. The lowest BCUT2D eigenvalue weighted by Crippen LogP contribution is -2.07. The summed E-state index contributed by atoms with van der Waals surface area (Å²) in [4.78, 5) is 10.6. The predicted molar refractivity (Wildman–Crippen MR) is 81.2 cm³/mol. The first-order valence-electron chi connectivity index (χ1n) is 6.57. The molecule has 0 aliphatic rings. The molecule has 2 rings (SSSR count). The number of aryl methyl sites for hydroxylation is 1. The Morgan fingerprint density at radius 3 is 2.40 bits per heavy atom. The van der Waals surface area contributed by atoms with Gasteiger partial charge in [-0.05, 0) is 24.8 Å². The molecule has 0 radical (unpaired) electrons. The van der Waals surface area contributed by atoms with Gasteiger partial charge in [-0.2, -0.15) is 0 Å². The second kappa shape index (κ2) is 7.06. The number of para-hydroxylation sites is 1. The summed E-state index contributed by atoms with van der Waals surface area (Å²) in [7, 11) is 0. The molecule has 0 fully saturated rings. The molecule has 0 bridgehead atoms. The zero-order chi connectivity index (χ0) is 14.4. The van der Waals surface area contributed by atoms with Gasteiger partial charge in [0.05, 0.1) is 4.92 Å². The summed E-state index contributed by atoms with van der Waals surface area (Å²) < 4.78 is 0. The molecule has 20 heavy (non-hydrogen) atoms. The molecule has 0 saturated heterocycles. The summed E-state index contributed by atoms with van der Waals surface area (Å²) >= 11 is 6.32. The average Bonchev–Trinajstić information content (AvgIpc) is 2.46. The third kappa shape index (κ3) is 4.07. The van der Waals surface area contributed by atoms with Crippen LogP contribution in [0.2, 0.25) is 0 Å². The van der Waals surface area contributed by atoms with Crippen molar-refractivity contribution in [2.45, 2.75) is 24.6 Å². The third-order valence-electron chi connectivity index (χ3n) is 3.22. The molecule has 2 aromatic carbocycles. The van der Waals surface area contributed by atoms with Gasteiger partial charge in [-0.15, -0.1) is 11.6 Å². The van der Waals surface area contributed by atoms with E-state index in [1.807, 2.05) is 24.3 Å². The fourth-order valence-corrected chi connectivity index (χ4v) is 2.45. The van der Waals surface area contributed by atoms with Crippen LogP contribution in [0.1, 0.15) is 17.5 Å². The molecule has 0 saturated carbocycles. The van der Waals surface area contributed by atoms with E-state index in [-0.39, 0.29) is 16.0 Å². The van der Waals surface area contributed by atoms with Crippen molar-refractivity contribution in [1.29, 1.82) is 0 Å². The molecule has 0 heterocycles. The maximum Gasteiger partial charge on any atom is 0.272 e. The molecule has 104 valence electrons. The quantitative estimate of drug-likeness (QED) is 0.450. The lowest BCUT2D eigenvalue weighted by molar-refractivity contribution is -0.385. The van der Waals surface area contributed by atoms with Gasteiger partial charge in [0, 0.05) is 17.0 Å². The SMILES string of the molecule is O=[N+]([O-])c1ccccc1CC(Cl)CCc1ccccc1. The molecule has 0 aliphatic carbocycles. The van der Waals surface area contributed by atoms with Crippen LogP contribution in [-0.2, 0) is 12.8 Å². The smallest absolute Gasteiger partial charge is 0.258 e. The van der Waals surface area contributed by atoms with Crippen molar-refractivity contribution in [3.05, 3.63) is 75.8 Å². The Kier molecular flexibility index (Phi) is 5.13. The maximum atomic E-state index is 10.9. The highest BCUT2D eigenvalue weighted by atomic mass is 35.5. The molecule has 0 amide bonds. The van der Waals surface area contributed by atoms with Crippen molar-refractivity contribution in [2.24, 2.45) is 0 Å². The van der Waals surface area contributed by atoms with E-state index in [2.05, 4.69) is 12.1 Å². The average molecular weight is 290 g/mol. The summed E-state index contributed by atoms with van der Waals surface area (Å²) in [5.74, 6) is 0. The minimum atomic E-state index is -0.351. The van der Waals surface area contributed by atoms with Crippen molar-refractivity contribution in [1.82, 2.24) is 0 Å². The van der Waals surface area contributed by atoms with Crippen LogP contribution in [0.15, 0.2) is 54.6 Å². The van der Waals surface area contributed by atoms with Crippen LogP contribution in [-0.4, -0.2) is 10.3 Å². The molecule has 0 N–H and O–H groups in total. The lowest BCUT2D eigenvalue weighted by Gasteiger charge is -2.10. The van der Waals surface area contributed by atoms with Crippen LogP contribution in [0, 0.1) is 10.1 Å². The minimum absolute atomic E-state index is 0.101. The van der Waals surface area contributed by atoms with E-state index in [0.29, 0.717) is 12.0 Å². The Bertz CT molecular complexity index is 572. The molecule has 1 unspecified atom stereocenters. The lowest BCUT2D eigenvalue weighted by atomic mass is 10.0. The fourth-order valence-electron chi connectivity index (χ4n) is 2.17. The van der Waals surface area contributed by atoms with Gasteiger partial charge < -0.3 is 0 Å². The minimum Gasteiger partial charge on any atom is -0.258 e. The molecule has 1 atom stereocenters. The molecular formula is C16H16ClNO2. The van der Waals surface area contributed by atoms with Gasteiger partial charge in [0.1, 0.15) is 0 Å². The normalized spacial score (nSPS) is 12.1. The van der Waals surface area contributed by atoms with Crippen molar-refractivity contribution in [3.8, 4) is 0 Å². The van der Waals surface area contributed by atoms with Crippen molar-refractivity contribution >= 4 is 17.3 Å². The van der Waals surface area contributed by atoms with Gasteiger partial charge in [-0.25, -0.2) is 0 Å². The van der Waals surface area contributed by atoms with E-state index >= 15 is 0 Å². The van der Waals surface area contributed by atoms with Gasteiger partial charge in [-0.3, -0.25) is 10.1 Å². The largest absolute Gasteiger partial charge is 0.272 e. The Morgan fingerprint density at radius 2 is 1.70 bits per heavy atom. The molecule has 3 nitrogen and oxygen atoms in total. The summed E-state index contributed by atoms with van der Waals surface area (Å²) in [6, 6.07) is 16.9. The van der Waals surface area contributed by atoms with Crippen molar-refractivity contribution in [3.63, 3.8) is 0 Å². The van der Waals surface area contributed by atoms with E-state index < -0.39 is 0 Å². The summed E-state index contributed by atoms with van der Waals surface area (Å²) in [6.07, 6.45) is 2.21. The Balaban J connectivity index is 1.95.